The Morgan fingerprint density at radius 1 is 1.44 bits per heavy atom. The van der Waals surface area contributed by atoms with Crippen molar-refractivity contribution in [3.05, 3.63) is 23.2 Å². The zero-order valence-electron chi connectivity index (χ0n) is 4.76. The molecule has 1 aromatic rings. The van der Waals surface area contributed by atoms with Gasteiger partial charge in [0.25, 0.3) is 0 Å². The molecule has 1 rings (SSSR count). The summed E-state index contributed by atoms with van der Waals surface area (Å²) in [6.45, 7) is 0. The van der Waals surface area contributed by atoms with Crippen molar-refractivity contribution in [3.8, 4) is 0 Å². The van der Waals surface area contributed by atoms with Crippen LogP contribution >= 0.6 is 20.8 Å². The first kappa shape index (κ1) is 6.85. The molecule has 2 N–H and O–H groups in total. The quantitative estimate of drug-likeness (QED) is 0.450. The van der Waals surface area contributed by atoms with Crippen LogP contribution in [0.5, 0.6) is 0 Å². The van der Waals surface area contributed by atoms with Gasteiger partial charge in [0.2, 0.25) is 0 Å². The highest BCUT2D eigenvalue weighted by atomic mass is 35.5. The van der Waals surface area contributed by atoms with E-state index in [1.54, 1.807) is 6.07 Å². The lowest BCUT2D eigenvalue weighted by Crippen LogP contribution is -1.93. The fourth-order valence-corrected chi connectivity index (χ4v) is 0.912. The fourth-order valence-electron chi connectivity index (χ4n) is 0.543. The molecule has 0 aliphatic heterocycles. The maximum Gasteiger partial charge on any atom is 0.0497 e. The molecule has 1 unspecified atom stereocenters. The molecular weight excluding hydrogens is 152 g/mol. The Morgan fingerprint density at radius 2 is 2.11 bits per heavy atom. The number of nitrogens with two attached hydrogens (primary N) is 1. The molecule has 0 bridgehead atoms. The molecule has 0 aromatic heterocycles. The van der Waals surface area contributed by atoms with Gasteiger partial charge in [0, 0.05) is 10.7 Å². The number of hydrogen-bond acceptors (Lipinski definition) is 1. The average Bonchev–Trinajstić information content (AvgIpc) is 1.80. The number of hydrogen-bond donors (Lipinski definition) is 1. The molecule has 0 aliphatic rings. The zero-order valence-corrected chi connectivity index (χ0v) is 6.68. The van der Waals surface area contributed by atoms with Gasteiger partial charge >= 0.3 is 0 Å². The maximum absolute atomic E-state index is 5.71. The summed E-state index contributed by atoms with van der Waals surface area (Å²) in [5.41, 5.74) is 6.13. The second-order valence-electron chi connectivity index (χ2n) is 1.78. The molecule has 0 saturated carbocycles. The van der Waals surface area contributed by atoms with Crippen molar-refractivity contribution in [1.82, 2.24) is 0 Å². The summed E-state index contributed by atoms with van der Waals surface area (Å²) in [5, 5.41) is 1.67. The standard InChI is InChI=1S/C6H7ClNP/c7-5-3-4(8)1-2-6(5)9/h1-3H,8-9H2. The number of halogens is 1. The lowest BCUT2D eigenvalue weighted by Gasteiger charge is -1.96. The minimum absolute atomic E-state index is 0.694. The molecule has 1 atom stereocenters. The number of nitrogen functional groups attached to an aromatic ring is 1. The maximum atomic E-state index is 5.71. The summed E-state index contributed by atoms with van der Waals surface area (Å²) in [6, 6.07) is 5.40. The smallest absolute Gasteiger partial charge is 0.0497 e. The molecule has 1 aromatic carbocycles. The highest BCUT2D eigenvalue weighted by Crippen LogP contribution is 2.11. The van der Waals surface area contributed by atoms with E-state index < -0.39 is 0 Å². The Balaban J connectivity index is 3.17. The van der Waals surface area contributed by atoms with Crippen LogP contribution in [-0.2, 0) is 0 Å². The highest BCUT2D eigenvalue weighted by Gasteiger charge is 1.92. The first-order valence-corrected chi connectivity index (χ1v) is 3.46. The van der Waals surface area contributed by atoms with Gasteiger partial charge in [-0.1, -0.05) is 17.7 Å². The third kappa shape index (κ3) is 1.57. The van der Waals surface area contributed by atoms with Crippen molar-refractivity contribution in [2.24, 2.45) is 0 Å². The predicted molar refractivity (Wildman–Crippen MR) is 45.2 cm³/mol. The van der Waals surface area contributed by atoms with Gasteiger partial charge in [-0.25, -0.2) is 0 Å². The average molecular weight is 160 g/mol. The van der Waals surface area contributed by atoms with Crippen molar-refractivity contribution in [1.29, 1.82) is 0 Å². The van der Waals surface area contributed by atoms with Crippen LogP contribution in [0.4, 0.5) is 5.69 Å². The Hall–Kier alpha value is -0.260. The first-order valence-electron chi connectivity index (χ1n) is 2.50. The molecule has 0 saturated heterocycles. The van der Waals surface area contributed by atoms with E-state index >= 15 is 0 Å². The molecule has 0 heterocycles. The summed E-state index contributed by atoms with van der Waals surface area (Å²) < 4.78 is 0. The second-order valence-corrected chi connectivity index (χ2v) is 2.81. The van der Waals surface area contributed by atoms with Crippen LogP contribution in [-0.4, -0.2) is 0 Å². The fraction of sp³-hybridized carbons (Fsp3) is 0. The van der Waals surface area contributed by atoms with E-state index in [0.717, 1.165) is 5.30 Å². The minimum atomic E-state index is 0.694. The second kappa shape index (κ2) is 2.55. The molecule has 1 nitrogen and oxygen atoms in total. The van der Waals surface area contributed by atoms with E-state index in [4.69, 9.17) is 17.3 Å². The summed E-state index contributed by atoms with van der Waals surface area (Å²) in [6.07, 6.45) is 0. The highest BCUT2D eigenvalue weighted by molar-refractivity contribution is 7.28. The number of rotatable bonds is 0. The third-order valence-corrected chi connectivity index (χ3v) is 2.04. The van der Waals surface area contributed by atoms with Crippen LogP contribution in [0.25, 0.3) is 0 Å². The monoisotopic (exact) mass is 159 g/mol. The van der Waals surface area contributed by atoms with Crippen LogP contribution in [0.1, 0.15) is 0 Å². The van der Waals surface area contributed by atoms with Gasteiger partial charge < -0.3 is 5.73 Å². The van der Waals surface area contributed by atoms with Crippen LogP contribution in [0.3, 0.4) is 0 Å². The zero-order chi connectivity index (χ0) is 6.85. The third-order valence-electron chi connectivity index (χ3n) is 1.02. The molecular formula is C6H7ClNP. The van der Waals surface area contributed by atoms with Crippen molar-refractivity contribution >= 4 is 31.8 Å². The van der Waals surface area contributed by atoms with Crippen LogP contribution < -0.4 is 11.0 Å². The number of anilines is 1. The van der Waals surface area contributed by atoms with E-state index in [2.05, 4.69) is 9.24 Å². The van der Waals surface area contributed by atoms with E-state index in [0.29, 0.717) is 10.7 Å². The summed E-state index contributed by atoms with van der Waals surface area (Å²) >= 11 is 5.71. The SMILES string of the molecule is Nc1ccc(P)c(Cl)c1. The Bertz CT molecular complexity index is 224. The number of benzene rings is 1. The van der Waals surface area contributed by atoms with Crippen LogP contribution in [0.15, 0.2) is 18.2 Å². The van der Waals surface area contributed by atoms with Gasteiger partial charge in [-0.3, -0.25) is 0 Å². The van der Waals surface area contributed by atoms with Gasteiger partial charge in [0.05, 0.1) is 0 Å². The Kier molecular flexibility index (Phi) is 1.94. The molecule has 0 spiro atoms. The van der Waals surface area contributed by atoms with E-state index in [1.807, 2.05) is 12.1 Å². The molecule has 3 heteroatoms. The van der Waals surface area contributed by atoms with Crippen LogP contribution in [0.2, 0.25) is 5.02 Å². The van der Waals surface area contributed by atoms with Gasteiger partial charge in [0.15, 0.2) is 0 Å². The van der Waals surface area contributed by atoms with E-state index in [1.165, 1.54) is 0 Å². The largest absolute Gasteiger partial charge is 0.399 e. The molecule has 0 radical (unpaired) electrons. The first-order chi connectivity index (χ1) is 4.20. The summed E-state index contributed by atoms with van der Waals surface area (Å²) in [4.78, 5) is 0. The molecule has 9 heavy (non-hydrogen) atoms. The van der Waals surface area contributed by atoms with Crippen molar-refractivity contribution in [3.63, 3.8) is 0 Å². The lowest BCUT2D eigenvalue weighted by molar-refractivity contribution is 1.73. The van der Waals surface area contributed by atoms with Gasteiger partial charge in [-0.2, -0.15) is 0 Å². The van der Waals surface area contributed by atoms with E-state index in [-0.39, 0.29) is 0 Å². The Morgan fingerprint density at radius 3 is 2.56 bits per heavy atom. The van der Waals surface area contributed by atoms with Crippen LogP contribution in [0, 0.1) is 0 Å². The predicted octanol–water partition coefficient (Wildman–Crippen LogP) is 1.42. The summed E-state index contributed by atoms with van der Waals surface area (Å²) in [7, 11) is 2.52. The topological polar surface area (TPSA) is 26.0 Å². The summed E-state index contributed by atoms with van der Waals surface area (Å²) in [5.74, 6) is 0. The van der Waals surface area contributed by atoms with Crippen molar-refractivity contribution < 1.29 is 0 Å². The molecule has 48 valence electrons. The Labute approximate surface area is 61.4 Å². The molecule has 0 aliphatic carbocycles. The van der Waals surface area contributed by atoms with Gasteiger partial charge in [0.1, 0.15) is 0 Å². The molecule has 0 amide bonds. The normalized spacial score (nSPS) is 9.56. The minimum Gasteiger partial charge on any atom is -0.399 e. The molecule has 0 fully saturated rings. The van der Waals surface area contributed by atoms with E-state index in [9.17, 15) is 0 Å². The van der Waals surface area contributed by atoms with Gasteiger partial charge in [-0.15, -0.1) is 9.24 Å². The van der Waals surface area contributed by atoms with Gasteiger partial charge in [-0.05, 0) is 17.4 Å². The lowest BCUT2D eigenvalue weighted by atomic mass is 10.3. The van der Waals surface area contributed by atoms with Crippen molar-refractivity contribution in [2.75, 3.05) is 5.73 Å². The van der Waals surface area contributed by atoms with Crippen molar-refractivity contribution in [2.45, 2.75) is 0 Å².